The van der Waals surface area contributed by atoms with Gasteiger partial charge in [0, 0.05) is 27.5 Å². The zero-order valence-corrected chi connectivity index (χ0v) is 30.9. The number of carbonyl (C=O) groups excluding carboxylic acids is 2. The molecule has 0 saturated heterocycles. The number of hydrogen-bond donors (Lipinski definition) is 0. The number of aromatic nitrogens is 1. The van der Waals surface area contributed by atoms with E-state index < -0.39 is 11.8 Å². The Bertz CT molecular complexity index is 3090. The third-order valence-corrected chi connectivity index (χ3v) is 11.0. The van der Waals surface area contributed by atoms with Crippen LogP contribution in [0.5, 0.6) is 0 Å². The molecule has 2 amide bonds. The van der Waals surface area contributed by atoms with Crippen LogP contribution in [0, 0.1) is 22.7 Å². The fourth-order valence-corrected chi connectivity index (χ4v) is 8.44. The average Bonchev–Trinajstić information content (AvgIpc) is 3.77. The van der Waals surface area contributed by atoms with E-state index in [1.807, 2.05) is 140 Å². The Morgan fingerprint density at radius 1 is 0.362 bits per heavy atom. The highest BCUT2D eigenvalue weighted by Gasteiger charge is 2.41. The molecule has 0 aliphatic carbocycles. The molecule has 1 aliphatic rings. The van der Waals surface area contributed by atoms with Crippen LogP contribution in [0.3, 0.4) is 0 Å². The Hall–Kier alpha value is -8.32. The van der Waals surface area contributed by atoms with E-state index in [4.69, 9.17) is 0 Å². The number of carbonyl (C=O) groups is 2. The molecular formula is C52H30N4O2. The van der Waals surface area contributed by atoms with Crippen LogP contribution in [0.25, 0.3) is 72.0 Å². The summed E-state index contributed by atoms with van der Waals surface area (Å²) in [6, 6.07) is 62.8. The van der Waals surface area contributed by atoms with E-state index in [1.165, 1.54) is 4.90 Å². The summed E-state index contributed by atoms with van der Waals surface area (Å²) in [5, 5.41) is 21.1. The highest BCUT2D eigenvalue weighted by Crippen LogP contribution is 2.46. The lowest BCUT2D eigenvalue weighted by atomic mass is 9.92. The molecule has 0 fully saturated rings. The van der Waals surface area contributed by atoms with Crippen LogP contribution in [-0.4, -0.2) is 16.4 Å². The predicted molar refractivity (Wildman–Crippen MR) is 230 cm³/mol. The Morgan fingerprint density at radius 2 is 0.810 bits per heavy atom. The van der Waals surface area contributed by atoms with Crippen molar-refractivity contribution >= 4 is 39.3 Å². The van der Waals surface area contributed by atoms with E-state index >= 15 is 4.79 Å². The number of imide groups is 1. The Kier molecular flexibility index (Phi) is 8.11. The highest BCUT2D eigenvalue weighted by molar-refractivity contribution is 6.37. The lowest BCUT2D eigenvalue weighted by Crippen LogP contribution is -2.30. The van der Waals surface area contributed by atoms with Gasteiger partial charge in [-0.25, -0.2) is 4.90 Å². The molecule has 6 heteroatoms. The zero-order valence-electron chi connectivity index (χ0n) is 30.9. The standard InChI is InChI=1S/C52H30N4O2/c53-31-33-23-27-36(28-24-33)40-16-7-18-42-43-19-8-17-41(37-29-25-34(32-54)26-30-37)50(43)55(49(40)42)46-22-10-20-44-48(46)52(58)56(51(44)57)45-21-9-15-39(35-11-3-1-4-12-35)47(45)38-13-5-2-6-14-38/h1-30H. The van der Waals surface area contributed by atoms with Crippen LogP contribution in [0.1, 0.15) is 31.8 Å². The van der Waals surface area contributed by atoms with Crippen molar-refractivity contribution in [2.24, 2.45) is 0 Å². The molecule has 0 radical (unpaired) electrons. The largest absolute Gasteiger partial charge is 0.307 e. The summed E-state index contributed by atoms with van der Waals surface area (Å²) in [5.41, 5.74) is 11.6. The molecular weight excluding hydrogens is 713 g/mol. The minimum Gasteiger partial charge on any atom is -0.307 e. The second kappa shape index (κ2) is 13.8. The molecule has 1 aliphatic heterocycles. The van der Waals surface area contributed by atoms with E-state index in [9.17, 15) is 15.3 Å². The molecule has 9 aromatic rings. The van der Waals surface area contributed by atoms with E-state index in [0.717, 1.165) is 66.3 Å². The lowest BCUT2D eigenvalue weighted by molar-refractivity contribution is 0.0926. The molecule has 0 atom stereocenters. The number of benzene rings is 8. The van der Waals surface area contributed by atoms with Crippen molar-refractivity contribution in [3.05, 3.63) is 204 Å². The second-order valence-electron chi connectivity index (χ2n) is 14.2. The molecule has 10 rings (SSSR count). The molecule has 58 heavy (non-hydrogen) atoms. The lowest BCUT2D eigenvalue weighted by Gasteiger charge is -2.22. The van der Waals surface area contributed by atoms with Gasteiger partial charge in [-0.1, -0.05) is 140 Å². The van der Waals surface area contributed by atoms with E-state index in [2.05, 4.69) is 28.8 Å². The van der Waals surface area contributed by atoms with Crippen molar-refractivity contribution in [3.63, 3.8) is 0 Å². The Morgan fingerprint density at radius 3 is 1.34 bits per heavy atom. The first-order valence-electron chi connectivity index (χ1n) is 18.9. The molecule has 1 aromatic heterocycles. The van der Waals surface area contributed by atoms with Crippen molar-refractivity contribution in [1.29, 1.82) is 10.5 Å². The van der Waals surface area contributed by atoms with Gasteiger partial charge in [-0.15, -0.1) is 0 Å². The molecule has 6 nitrogen and oxygen atoms in total. The molecule has 2 heterocycles. The van der Waals surface area contributed by atoms with Crippen LogP contribution in [0.4, 0.5) is 5.69 Å². The van der Waals surface area contributed by atoms with Gasteiger partial charge in [0.1, 0.15) is 0 Å². The molecule has 0 bridgehead atoms. The van der Waals surface area contributed by atoms with E-state index in [-0.39, 0.29) is 0 Å². The molecule has 0 unspecified atom stereocenters. The van der Waals surface area contributed by atoms with Gasteiger partial charge in [-0.2, -0.15) is 10.5 Å². The zero-order chi connectivity index (χ0) is 39.3. The fourth-order valence-electron chi connectivity index (χ4n) is 8.44. The average molecular weight is 743 g/mol. The smallest absolute Gasteiger partial charge is 0.268 e. The van der Waals surface area contributed by atoms with Crippen molar-refractivity contribution in [1.82, 2.24) is 4.57 Å². The maximum atomic E-state index is 15.3. The molecule has 0 N–H and O–H groups in total. The number of para-hydroxylation sites is 2. The van der Waals surface area contributed by atoms with Gasteiger partial charge < -0.3 is 4.57 Å². The van der Waals surface area contributed by atoms with Crippen molar-refractivity contribution in [3.8, 4) is 62.3 Å². The third kappa shape index (κ3) is 5.33. The number of amides is 2. The molecule has 0 saturated carbocycles. The first-order valence-corrected chi connectivity index (χ1v) is 18.9. The number of rotatable bonds is 6. The van der Waals surface area contributed by atoms with Crippen LogP contribution >= 0.6 is 0 Å². The number of nitrogens with zero attached hydrogens (tertiary/aromatic N) is 4. The van der Waals surface area contributed by atoms with E-state index in [0.29, 0.717) is 33.6 Å². The van der Waals surface area contributed by atoms with Crippen LogP contribution in [0.15, 0.2) is 182 Å². The highest BCUT2D eigenvalue weighted by atomic mass is 16.2. The number of fused-ring (bicyclic) bond motifs is 4. The monoisotopic (exact) mass is 742 g/mol. The van der Waals surface area contributed by atoms with Crippen LogP contribution in [0.2, 0.25) is 0 Å². The normalized spacial score (nSPS) is 12.1. The van der Waals surface area contributed by atoms with Gasteiger partial charge in [-0.05, 0) is 70.3 Å². The van der Waals surface area contributed by atoms with Gasteiger partial charge in [-0.3, -0.25) is 9.59 Å². The Balaban J connectivity index is 1.26. The fraction of sp³-hybridized carbons (Fsp3) is 0. The molecule has 270 valence electrons. The number of nitriles is 2. The van der Waals surface area contributed by atoms with Crippen molar-refractivity contribution < 1.29 is 9.59 Å². The maximum absolute atomic E-state index is 15.3. The SMILES string of the molecule is N#Cc1ccc(-c2cccc3c4cccc(-c5ccc(C#N)cc5)c4n(-c4cccc5c4C(=O)N(c4cccc(-c6ccccc6)c4-c4ccccc4)C5=O)c23)cc1. The number of anilines is 1. The van der Waals surface area contributed by atoms with Gasteiger partial charge in [0.25, 0.3) is 11.8 Å². The summed E-state index contributed by atoms with van der Waals surface area (Å²) in [6.45, 7) is 0. The third-order valence-electron chi connectivity index (χ3n) is 11.0. The minimum atomic E-state index is -0.417. The Labute approximate surface area is 334 Å². The van der Waals surface area contributed by atoms with Gasteiger partial charge >= 0.3 is 0 Å². The number of hydrogen-bond acceptors (Lipinski definition) is 4. The second-order valence-corrected chi connectivity index (χ2v) is 14.2. The van der Waals surface area contributed by atoms with Gasteiger partial charge in [0.2, 0.25) is 0 Å². The van der Waals surface area contributed by atoms with Crippen LogP contribution < -0.4 is 4.90 Å². The predicted octanol–water partition coefficient (Wildman–Crippen LogP) is 12.0. The summed E-state index contributed by atoms with van der Waals surface area (Å²) < 4.78 is 2.12. The maximum Gasteiger partial charge on any atom is 0.268 e. The van der Waals surface area contributed by atoms with Gasteiger partial charge in [0.15, 0.2) is 0 Å². The topological polar surface area (TPSA) is 89.9 Å². The molecule has 0 spiro atoms. The minimum absolute atomic E-state index is 0.305. The summed E-state index contributed by atoms with van der Waals surface area (Å²) in [5.74, 6) is -0.815. The van der Waals surface area contributed by atoms with Crippen molar-refractivity contribution in [2.45, 2.75) is 0 Å². The quantitative estimate of drug-likeness (QED) is 0.159. The molecule has 8 aromatic carbocycles. The van der Waals surface area contributed by atoms with Crippen LogP contribution in [-0.2, 0) is 0 Å². The summed E-state index contributed by atoms with van der Waals surface area (Å²) in [6.07, 6.45) is 0. The first-order chi connectivity index (χ1) is 28.6. The summed E-state index contributed by atoms with van der Waals surface area (Å²) in [4.78, 5) is 31.5. The summed E-state index contributed by atoms with van der Waals surface area (Å²) >= 11 is 0. The van der Waals surface area contributed by atoms with Crippen molar-refractivity contribution in [2.75, 3.05) is 4.90 Å². The first kappa shape index (κ1) is 34.2. The summed E-state index contributed by atoms with van der Waals surface area (Å²) in [7, 11) is 0. The van der Waals surface area contributed by atoms with E-state index in [1.54, 1.807) is 30.3 Å². The van der Waals surface area contributed by atoms with Gasteiger partial charge in [0.05, 0.1) is 56.8 Å².